The van der Waals surface area contributed by atoms with Gasteiger partial charge in [0.15, 0.2) is 0 Å². The number of rotatable bonds is 2. The van der Waals surface area contributed by atoms with Gasteiger partial charge in [-0.15, -0.1) is 9.24 Å². The fraction of sp³-hybridized carbons (Fsp3) is 0.625. The Balaban J connectivity index is -0.000000285. The summed E-state index contributed by atoms with van der Waals surface area (Å²) in [6.07, 6.45) is 1.15. The van der Waals surface area contributed by atoms with Gasteiger partial charge in [0.2, 0.25) is 0 Å². The topological polar surface area (TPSA) is 0 Å². The molecule has 1 aromatic carbocycles. The van der Waals surface area contributed by atoms with Crippen LogP contribution in [0.15, 0.2) is 30.3 Å². The summed E-state index contributed by atoms with van der Waals surface area (Å²) in [5.74, 6) is 0. The van der Waals surface area contributed by atoms with Crippen LogP contribution in [0.3, 0.4) is 0 Å². The Morgan fingerprint density at radius 2 is 1.24 bits per heavy atom. The minimum absolute atomic E-state index is 0.251. The standard InChI is InChI=1S/C10H15P.3C2H6/c1-3-10(2,11)9-7-5-4-6-8-9;3*1-2/h4-8H,3,11H2,1-2H3;3*1-2H3. The fourth-order valence-corrected chi connectivity index (χ4v) is 1.22. The molecule has 0 bridgehead atoms. The molecule has 0 aromatic heterocycles. The molecular formula is C16H33P. The van der Waals surface area contributed by atoms with Crippen LogP contribution in [0.4, 0.5) is 0 Å². The van der Waals surface area contributed by atoms with Crippen LogP contribution < -0.4 is 0 Å². The van der Waals surface area contributed by atoms with Crippen molar-refractivity contribution in [2.24, 2.45) is 0 Å². The molecule has 102 valence electrons. The predicted molar refractivity (Wildman–Crippen MR) is 87.8 cm³/mol. The quantitative estimate of drug-likeness (QED) is 0.547. The van der Waals surface area contributed by atoms with E-state index in [4.69, 9.17) is 0 Å². The largest absolute Gasteiger partial charge is 0.127 e. The number of hydrogen-bond acceptors (Lipinski definition) is 0. The second kappa shape index (κ2) is 15.6. The van der Waals surface area contributed by atoms with Gasteiger partial charge < -0.3 is 0 Å². The van der Waals surface area contributed by atoms with Gasteiger partial charge in [-0.25, -0.2) is 0 Å². The van der Waals surface area contributed by atoms with E-state index in [1.54, 1.807) is 0 Å². The molecule has 2 unspecified atom stereocenters. The van der Waals surface area contributed by atoms with Gasteiger partial charge in [0.25, 0.3) is 0 Å². The van der Waals surface area contributed by atoms with Crippen molar-refractivity contribution in [1.82, 2.24) is 0 Å². The molecule has 0 amide bonds. The van der Waals surface area contributed by atoms with Crippen LogP contribution in [0.2, 0.25) is 0 Å². The van der Waals surface area contributed by atoms with Gasteiger partial charge in [-0.2, -0.15) is 0 Å². The summed E-state index contributed by atoms with van der Waals surface area (Å²) >= 11 is 0. The molecule has 0 saturated heterocycles. The first-order valence-electron chi connectivity index (χ1n) is 7.01. The zero-order valence-corrected chi connectivity index (χ0v) is 14.3. The van der Waals surface area contributed by atoms with Crippen LogP contribution in [-0.4, -0.2) is 0 Å². The molecule has 0 nitrogen and oxygen atoms in total. The molecule has 0 fully saturated rings. The third-order valence-electron chi connectivity index (χ3n) is 2.17. The summed E-state index contributed by atoms with van der Waals surface area (Å²) in [5, 5.41) is 0.251. The first-order chi connectivity index (χ1) is 8.17. The molecule has 1 aromatic rings. The van der Waals surface area contributed by atoms with E-state index in [2.05, 4.69) is 53.4 Å². The Kier molecular flexibility index (Phi) is 20.1. The van der Waals surface area contributed by atoms with Crippen LogP contribution in [0.5, 0.6) is 0 Å². The summed E-state index contributed by atoms with van der Waals surface area (Å²) in [4.78, 5) is 0. The Morgan fingerprint density at radius 3 is 1.53 bits per heavy atom. The summed E-state index contributed by atoms with van der Waals surface area (Å²) in [5.41, 5.74) is 1.40. The zero-order valence-electron chi connectivity index (χ0n) is 13.2. The lowest BCUT2D eigenvalue weighted by Crippen LogP contribution is -2.10. The molecule has 0 aliphatic heterocycles. The Hall–Kier alpha value is -0.350. The van der Waals surface area contributed by atoms with Crippen molar-refractivity contribution < 1.29 is 0 Å². The van der Waals surface area contributed by atoms with Crippen molar-refractivity contribution >= 4 is 9.24 Å². The van der Waals surface area contributed by atoms with E-state index in [-0.39, 0.29) is 5.16 Å². The van der Waals surface area contributed by atoms with E-state index in [9.17, 15) is 0 Å². The third-order valence-corrected chi connectivity index (χ3v) is 2.91. The lowest BCUT2D eigenvalue weighted by molar-refractivity contribution is 0.665. The molecular weight excluding hydrogens is 223 g/mol. The highest BCUT2D eigenvalue weighted by atomic mass is 31.0. The van der Waals surface area contributed by atoms with Crippen LogP contribution in [0.1, 0.15) is 67.4 Å². The SMILES string of the molecule is CC.CC.CC.CCC(C)(P)c1ccccc1. The van der Waals surface area contributed by atoms with Gasteiger partial charge in [0.1, 0.15) is 0 Å². The molecule has 0 heterocycles. The van der Waals surface area contributed by atoms with Crippen molar-refractivity contribution in [3.05, 3.63) is 35.9 Å². The lowest BCUT2D eigenvalue weighted by Gasteiger charge is -2.22. The second-order valence-corrected chi connectivity index (χ2v) is 4.41. The highest BCUT2D eigenvalue weighted by Gasteiger charge is 2.16. The molecule has 0 radical (unpaired) electrons. The molecule has 0 aliphatic carbocycles. The van der Waals surface area contributed by atoms with E-state index in [1.165, 1.54) is 5.56 Å². The minimum Gasteiger partial charge on any atom is -0.127 e. The normalized spacial score (nSPS) is 11.4. The molecule has 0 aliphatic rings. The second-order valence-electron chi connectivity index (χ2n) is 3.14. The van der Waals surface area contributed by atoms with Crippen LogP contribution >= 0.6 is 9.24 Å². The highest BCUT2D eigenvalue weighted by molar-refractivity contribution is 7.18. The van der Waals surface area contributed by atoms with Gasteiger partial charge in [-0.3, -0.25) is 0 Å². The van der Waals surface area contributed by atoms with Gasteiger partial charge in [0, 0.05) is 5.16 Å². The summed E-state index contributed by atoms with van der Waals surface area (Å²) in [7, 11) is 2.91. The molecule has 17 heavy (non-hydrogen) atoms. The number of hydrogen-bond donors (Lipinski definition) is 0. The predicted octanol–water partition coefficient (Wildman–Crippen LogP) is 6.27. The minimum atomic E-state index is 0.251. The van der Waals surface area contributed by atoms with Gasteiger partial charge >= 0.3 is 0 Å². The molecule has 2 atom stereocenters. The average molecular weight is 256 g/mol. The summed E-state index contributed by atoms with van der Waals surface area (Å²) in [6.45, 7) is 16.5. The Morgan fingerprint density at radius 1 is 0.882 bits per heavy atom. The third kappa shape index (κ3) is 10.5. The monoisotopic (exact) mass is 256 g/mol. The summed E-state index contributed by atoms with van der Waals surface area (Å²) < 4.78 is 0. The first-order valence-corrected chi connectivity index (χ1v) is 7.59. The van der Waals surface area contributed by atoms with Crippen molar-refractivity contribution in [2.75, 3.05) is 0 Å². The van der Waals surface area contributed by atoms with E-state index >= 15 is 0 Å². The zero-order chi connectivity index (χ0) is 14.3. The van der Waals surface area contributed by atoms with E-state index < -0.39 is 0 Å². The average Bonchev–Trinajstić information content (AvgIpc) is 2.46. The molecule has 1 rings (SSSR count). The van der Waals surface area contributed by atoms with E-state index in [1.807, 2.05) is 41.5 Å². The van der Waals surface area contributed by atoms with Crippen molar-refractivity contribution in [3.8, 4) is 0 Å². The Bertz CT molecular complexity index is 214. The van der Waals surface area contributed by atoms with E-state index in [0.717, 1.165) is 6.42 Å². The van der Waals surface area contributed by atoms with Gasteiger partial charge in [0.05, 0.1) is 0 Å². The molecule has 0 spiro atoms. The highest BCUT2D eigenvalue weighted by Crippen LogP contribution is 2.33. The summed E-state index contributed by atoms with van der Waals surface area (Å²) in [6, 6.07) is 10.6. The van der Waals surface area contributed by atoms with Crippen LogP contribution in [0.25, 0.3) is 0 Å². The smallest absolute Gasteiger partial charge is 0.00668 e. The maximum absolute atomic E-state index is 2.91. The maximum Gasteiger partial charge on any atom is 0.00668 e. The van der Waals surface area contributed by atoms with Gasteiger partial charge in [-0.1, -0.05) is 85.7 Å². The van der Waals surface area contributed by atoms with Crippen molar-refractivity contribution in [3.63, 3.8) is 0 Å². The van der Waals surface area contributed by atoms with Crippen LogP contribution in [-0.2, 0) is 5.16 Å². The maximum atomic E-state index is 2.91. The molecule has 0 saturated carbocycles. The molecule has 0 N–H and O–H groups in total. The van der Waals surface area contributed by atoms with Gasteiger partial charge in [-0.05, 0) is 12.0 Å². The molecule has 1 heteroatoms. The van der Waals surface area contributed by atoms with Crippen molar-refractivity contribution in [1.29, 1.82) is 0 Å². The fourth-order valence-electron chi connectivity index (χ4n) is 1.02. The Labute approximate surface area is 112 Å². The van der Waals surface area contributed by atoms with Crippen LogP contribution in [0, 0.1) is 0 Å². The first kappa shape index (κ1) is 21.9. The number of benzene rings is 1. The van der Waals surface area contributed by atoms with Crippen molar-refractivity contribution in [2.45, 2.75) is 67.0 Å². The van der Waals surface area contributed by atoms with E-state index in [0.29, 0.717) is 0 Å². The lowest BCUT2D eigenvalue weighted by atomic mass is 9.98.